The van der Waals surface area contributed by atoms with Gasteiger partial charge >= 0.3 is 17.9 Å². The molecule has 6 heteroatoms. The predicted molar refractivity (Wildman–Crippen MR) is 293 cm³/mol. The van der Waals surface area contributed by atoms with Gasteiger partial charge in [-0.25, -0.2) is 0 Å². The number of carbonyl (C=O) groups is 3. The van der Waals surface area contributed by atoms with E-state index >= 15 is 0 Å². The number of rotatable bonds is 54. The summed E-state index contributed by atoms with van der Waals surface area (Å²) in [6.07, 6.45) is 69.5. The molecule has 0 amide bonds. The van der Waals surface area contributed by atoms with E-state index in [-0.39, 0.29) is 31.1 Å². The lowest BCUT2D eigenvalue weighted by atomic mass is 10.0. The maximum Gasteiger partial charge on any atom is 0.306 e. The summed E-state index contributed by atoms with van der Waals surface area (Å²) in [7, 11) is 0. The lowest BCUT2D eigenvalue weighted by Gasteiger charge is -2.18. The molecule has 0 aliphatic rings. The highest BCUT2D eigenvalue weighted by Gasteiger charge is 2.19. The van der Waals surface area contributed by atoms with Crippen molar-refractivity contribution in [3.63, 3.8) is 0 Å². The van der Waals surface area contributed by atoms with Crippen LogP contribution in [-0.2, 0) is 28.6 Å². The predicted octanol–water partition coefficient (Wildman–Crippen LogP) is 19.8. The molecule has 0 unspecified atom stereocenters. The first-order valence-electron chi connectivity index (χ1n) is 29.6. The third-order valence-electron chi connectivity index (χ3n) is 13.1. The SMILES string of the molecule is CCCCC/C=C\C/C=C\C/C=C\CCCCCCC(=O)OC[C@@H](COC(=O)CCCCCCC/C=C\CCCCCCCCC)OC(=O)CCCCCCCCCCCCCCCCCCC. The Kier molecular flexibility index (Phi) is 54.8. The van der Waals surface area contributed by atoms with Crippen LogP contribution in [0.1, 0.15) is 310 Å². The summed E-state index contributed by atoms with van der Waals surface area (Å²) in [4.78, 5) is 38.2. The molecule has 68 heavy (non-hydrogen) atoms. The molecule has 0 aromatic heterocycles. The summed E-state index contributed by atoms with van der Waals surface area (Å²) in [5, 5.41) is 0. The molecule has 0 fully saturated rings. The molecule has 0 spiro atoms. The van der Waals surface area contributed by atoms with Crippen molar-refractivity contribution >= 4 is 17.9 Å². The van der Waals surface area contributed by atoms with Crippen molar-refractivity contribution in [3.8, 4) is 0 Å². The van der Waals surface area contributed by atoms with E-state index in [2.05, 4.69) is 69.4 Å². The topological polar surface area (TPSA) is 78.9 Å². The Morgan fingerprint density at radius 2 is 0.529 bits per heavy atom. The molecule has 0 aromatic rings. The molecular weight excluding hydrogens is 841 g/mol. The van der Waals surface area contributed by atoms with E-state index in [1.54, 1.807) is 0 Å². The fourth-order valence-corrected chi connectivity index (χ4v) is 8.56. The maximum atomic E-state index is 12.9. The van der Waals surface area contributed by atoms with Gasteiger partial charge in [0, 0.05) is 19.3 Å². The second-order valence-electron chi connectivity index (χ2n) is 19.9. The third kappa shape index (κ3) is 54.3. The molecule has 0 N–H and O–H groups in total. The quantitative estimate of drug-likeness (QED) is 0.0262. The van der Waals surface area contributed by atoms with Crippen molar-refractivity contribution in [2.24, 2.45) is 0 Å². The van der Waals surface area contributed by atoms with Gasteiger partial charge in [-0.15, -0.1) is 0 Å². The Labute approximate surface area is 422 Å². The number of carbonyl (C=O) groups excluding carboxylic acids is 3. The lowest BCUT2D eigenvalue weighted by molar-refractivity contribution is -0.167. The number of allylic oxidation sites excluding steroid dienone is 8. The van der Waals surface area contributed by atoms with Gasteiger partial charge in [-0.05, 0) is 83.5 Å². The smallest absolute Gasteiger partial charge is 0.306 e. The summed E-state index contributed by atoms with van der Waals surface area (Å²) in [6.45, 7) is 6.62. The highest BCUT2D eigenvalue weighted by Crippen LogP contribution is 2.16. The van der Waals surface area contributed by atoms with E-state index < -0.39 is 6.10 Å². The zero-order valence-corrected chi connectivity index (χ0v) is 45.4. The van der Waals surface area contributed by atoms with Crippen molar-refractivity contribution < 1.29 is 28.6 Å². The lowest BCUT2D eigenvalue weighted by Crippen LogP contribution is -2.30. The Bertz CT molecular complexity index is 1190. The van der Waals surface area contributed by atoms with Crippen molar-refractivity contribution in [1.82, 2.24) is 0 Å². The van der Waals surface area contributed by atoms with E-state index in [1.807, 2.05) is 0 Å². The molecule has 0 bridgehead atoms. The molecule has 0 rings (SSSR count). The van der Waals surface area contributed by atoms with Crippen molar-refractivity contribution in [2.75, 3.05) is 13.2 Å². The zero-order chi connectivity index (χ0) is 49.3. The molecule has 0 aliphatic carbocycles. The number of esters is 3. The Morgan fingerprint density at radius 1 is 0.294 bits per heavy atom. The van der Waals surface area contributed by atoms with E-state index in [4.69, 9.17) is 14.2 Å². The summed E-state index contributed by atoms with van der Waals surface area (Å²) in [5.41, 5.74) is 0. The van der Waals surface area contributed by atoms with Crippen LogP contribution in [0.3, 0.4) is 0 Å². The minimum Gasteiger partial charge on any atom is -0.462 e. The standard InChI is InChI=1S/C62H112O6/c1-4-7-10-13-16-19-22-25-28-31-34-37-40-43-46-49-52-55-61(64)67-58-59(57-66-60(63)54-51-48-45-42-39-36-33-30-27-24-21-18-15-12-9-6-3)68-62(65)56-53-50-47-44-41-38-35-32-29-26-23-20-17-14-11-8-5-2/h16,19,25,28,30,33-34,37,59H,4-15,17-18,20-24,26-27,29,31-32,35-36,38-58H2,1-3H3/b19-16-,28-25-,33-30-,37-34-/t59-/m1/s1. The van der Waals surface area contributed by atoms with Gasteiger partial charge in [0.15, 0.2) is 6.10 Å². The van der Waals surface area contributed by atoms with Crippen LogP contribution in [0.4, 0.5) is 0 Å². The molecule has 0 aliphatic heterocycles. The highest BCUT2D eigenvalue weighted by molar-refractivity contribution is 5.71. The van der Waals surface area contributed by atoms with Gasteiger partial charge < -0.3 is 14.2 Å². The molecule has 0 saturated heterocycles. The van der Waals surface area contributed by atoms with E-state index in [0.717, 1.165) is 89.9 Å². The van der Waals surface area contributed by atoms with Gasteiger partial charge in [-0.3, -0.25) is 14.4 Å². The van der Waals surface area contributed by atoms with E-state index in [1.165, 1.54) is 180 Å². The fourth-order valence-electron chi connectivity index (χ4n) is 8.56. The summed E-state index contributed by atoms with van der Waals surface area (Å²) in [5.74, 6) is -0.895. The molecule has 6 nitrogen and oxygen atoms in total. The Balaban J connectivity index is 4.40. The maximum absolute atomic E-state index is 12.9. The molecule has 1 atom stereocenters. The fraction of sp³-hybridized carbons (Fsp3) is 0.823. The average molecular weight is 954 g/mol. The molecule has 0 heterocycles. The van der Waals surface area contributed by atoms with E-state index in [0.29, 0.717) is 19.3 Å². The van der Waals surface area contributed by atoms with Crippen molar-refractivity contribution in [2.45, 2.75) is 316 Å². The molecule has 396 valence electrons. The van der Waals surface area contributed by atoms with Crippen LogP contribution in [0.5, 0.6) is 0 Å². The molecular formula is C62H112O6. The zero-order valence-electron chi connectivity index (χ0n) is 45.4. The van der Waals surface area contributed by atoms with Crippen LogP contribution in [0, 0.1) is 0 Å². The van der Waals surface area contributed by atoms with Gasteiger partial charge in [-0.1, -0.05) is 256 Å². The highest BCUT2D eigenvalue weighted by atomic mass is 16.6. The average Bonchev–Trinajstić information content (AvgIpc) is 3.34. The van der Waals surface area contributed by atoms with E-state index in [9.17, 15) is 14.4 Å². The number of unbranched alkanes of at least 4 members (excludes halogenated alkanes) is 35. The summed E-state index contributed by atoms with van der Waals surface area (Å²) < 4.78 is 16.9. The minimum absolute atomic E-state index is 0.0818. The first-order valence-corrected chi connectivity index (χ1v) is 29.6. The minimum atomic E-state index is -0.784. The van der Waals surface area contributed by atoms with Crippen LogP contribution in [-0.4, -0.2) is 37.2 Å². The first-order chi connectivity index (χ1) is 33.5. The van der Waals surface area contributed by atoms with Crippen LogP contribution in [0.25, 0.3) is 0 Å². The van der Waals surface area contributed by atoms with Crippen LogP contribution >= 0.6 is 0 Å². The summed E-state index contributed by atoms with van der Waals surface area (Å²) in [6, 6.07) is 0. The normalized spacial score (nSPS) is 12.3. The van der Waals surface area contributed by atoms with Gasteiger partial charge in [0.2, 0.25) is 0 Å². The monoisotopic (exact) mass is 953 g/mol. The van der Waals surface area contributed by atoms with Crippen molar-refractivity contribution in [3.05, 3.63) is 48.6 Å². The molecule has 0 aromatic carbocycles. The van der Waals surface area contributed by atoms with Crippen LogP contribution < -0.4 is 0 Å². The number of ether oxygens (including phenoxy) is 3. The number of hydrogen-bond donors (Lipinski definition) is 0. The molecule has 0 radical (unpaired) electrons. The molecule has 0 saturated carbocycles. The summed E-state index contributed by atoms with van der Waals surface area (Å²) >= 11 is 0. The second-order valence-corrected chi connectivity index (χ2v) is 19.9. The van der Waals surface area contributed by atoms with Crippen LogP contribution in [0.2, 0.25) is 0 Å². The van der Waals surface area contributed by atoms with Gasteiger partial charge in [-0.2, -0.15) is 0 Å². The third-order valence-corrected chi connectivity index (χ3v) is 13.1. The first kappa shape index (κ1) is 65.4. The number of hydrogen-bond acceptors (Lipinski definition) is 6. The van der Waals surface area contributed by atoms with Gasteiger partial charge in [0.1, 0.15) is 13.2 Å². The Morgan fingerprint density at radius 3 is 0.868 bits per heavy atom. The van der Waals surface area contributed by atoms with Gasteiger partial charge in [0.25, 0.3) is 0 Å². The van der Waals surface area contributed by atoms with Gasteiger partial charge in [0.05, 0.1) is 0 Å². The second kappa shape index (κ2) is 57.0. The van der Waals surface area contributed by atoms with Crippen molar-refractivity contribution in [1.29, 1.82) is 0 Å². The Hall–Kier alpha value is -2.63. The largest absolute Gasteiger partial charge is 0.462 e. The van der Waals surface area contributed by atoms with Crippen LogP contribution in [0.15, 0.2) is 48.6 Å².